The second-order valence-electron chi connectivity index (χ2n) is 6.00. The summed E-state index contributed by atoms with van der Waals surface area (Å²) in [7, 11) is -4.29. The van der Waals surface area contributed by atoms with Gasteiger partial charge in [-0.05, 0) is 35.9 Å². The molecule has 0 radical (unpaired) electrons. The zero-order valence-corrected chi connectivity index (χ0v) is 16.9. The third-order valence-corrected chi connectivity index (χ3v) is 5.91. The Morgan fingerprint density at radius 3 is 2.52 bits per heavy atom. The molecule has 29 heavy (non-hydrogen) atoms. The summed E-state index contributed by atoms with van der Waals surface area (Å²) in [5, 5.41) is 9.56. The van der Waals surface area contributed by atoms with Crippen molar-refractivity contribution >= 4 is 27.6 Å². The molecule has 0 saturated carbocycles. The molecule has 0 amide bonds. The highest BCUT2D eigenvalue weighted by Crippen LogP contribution is 2.26. The quantitative estimate of drug-likeness (QED) is 0.537. The maximum absolute atomic E-state index is 13.5. The highest BCUT2D eigenvalue weighted by Gasteiger charge is 2.36. The van der Waals surface area contributed by atoms with Crippen LogP contribution in [0.5, 0.6) is 5.75 Å². The zero-order chi connectivity index (χ0) is 21.4. The van der Waals surface area contributed by atoms with Gasteiger partial charge in [0.2, 0.25) is 10.0 Å². The average molecular weight is 443 g/mol. The minimum Gasteiger partial charge on any atom is -0.492 e. The van der Waals surface area contributed by atoms with Gasteiger partial charge in [-0.2, -0.15) is 4.31 Å². The van der Waals surface area contributed by atoms with E-state index in [0.29, 0.717) is 11.3 Å². The first kappa shape index (κ1) is 22.8. The van der Waals surface area contributed by atoms with Crippen LogP contribution in [0.1, 0.15) is 12.0 Å². The van der Waals surface area contributed by atoms with E-state index in [9.17, 15) is 22.7 Å². The summed E-state index contributed by atoms with van der Waals surface area (Å²) >= 11 is 5.55. The Morgan fingerprint density at radius 1 is 1.31 bits per heavy atom. The number of pyridine rings is 1. The van der Waals surface area contributed by atoms with Gasteiger partial charge in [-0.25, -0.2) is 12.8 Å². The smallest absolute Gasteiger partial charge is 0.322 e. The lowest BCUT2D eigenvalue weighted by atomic mass is 10.2. The number of carbonyl (C=O) groups is 1. The number of rotatable bonds is 11. The Labute approximate surface area is 173 Å². The summed E-state index contributed by atoms with van der Waals surface area (Å²) in [4.78, 5) is 15.5. The average Bonchev–Trinajstić information content (AvgIpc) is 2.69. The number of nitrogens with zero attached hydrogens (tertiary/aromatic N) is 2. The molecule has 1 atom stereocenters. The number of benzene rings is 1. The molecule has 0 saturated heterocycles. The molecular formula is C19H20ClFN2O5S. The van der Waals surface area contributed by atoms with E-state index in [0.717, 1.165) is 4.31 Å². The molecule has 2 aromatic rings. The van der Waals surface area contributed by atoms with Crippen molar-refractivity contribution in [1.29, 1.82) is 0 Å². The van der Waals surface area contributed by atoms with Crippen LogP contribution in [0, 0.1) is 0 Å². The number of aromatic nitrogens is 1. The van der Waals surface area contributed by atoms with Crippen molar-refractivity contribution in [3.63, 3.8) is 0 Å². The molecule has 0 unspecified atom stereocenters. The Hall–Kier alpha value is -2.49. The number of sulfonamides is 1. The molecule has 1 aromatic carbocycles. The van der Waals surface area contributed by atoms with E-state index in [1.807, 2.05) is 0 Å². The third-order valence-electron chi connectivity index (χ3n) is 3.88. The van der Waals surface area contributed by atoms with Crippen molar-refractivity contribution in [3.8, 4) is 5.75 Å². The van der Waals surface area contributed by atoms with Gasteiger partial charge in [0.25, 0.3) is 0 Å². The van der Waals surface area contributed by atoms with Crippen molar-refractivity contribution in [2.45, 2.75) is 23.9 Å². The fourth-order valence-corrected chi connectivity index (χ4v) is 4.20. The molecular weight excluding hydrogens is 423 g/mol. The number of aliphatic carboxylic acids is 1. The number of hydrogen-bond donors (Lipinski definition) is 1. The topological polar surface area (TPSA) is 96.8 Å². The van der Waals surface area contributed by atoms with E-state index in [2.05, 4.69) is 11.6 Å². The van der Waals surface area contributed by atoms with Gasteiger partial charge in [-0.3, -0.25) is 9.78 Å². The standard InChI is InChI=1S/C19H20ClFN2O5S/c1-14(21)11-18(19(24)25)23(13-15-3-2-9-22-12-15)29(26,27)17-6-4-16(5-7-17)28-10-8-20/h2-7,9,12,18H,1,8,10-11,13H2,(H,24,25)/t18-/m0/s1. The van der Waals surface area contributed by atoms with Gasteiger partial charge in [-0.1, -0.05) is 12.6 Å². The maximum atomic E-state index is 13.5. The van der Waals surface area contributed by atoms with Crippen LogP contribution in [-0.2, 0) is 21.4 Å². The first-order valence-electron chi connectivity index (χ1n) is 8.51. The van der Waals surface area contributed by atoms with Crippen LogP contribution in [0.3, 0.4) is 0 Å². The Balaban J connectivity index is 2.44. The van der Waals surface area contributed by atoms with Crippen LogP contribution in [-0.4, -0.2) is 47.3 Å². The predicted molar refractivity (Wildman–Crippen MR) is 106 cm³/mol. The predicted octanol–water partition coefficient (Wildman–Crippen LogP) is 3.22. The molecule has 156 valence electrons. The van der Waals surface area contributed by atoms with Crippen molar-refractivity contribution < 1.29 is 27.4 Å². The van der Waals surface area contributed by atoms with Crippen LogP contribution in [0.25, 0.3) is 0 Å². The maximum Gasteiger partial charge on any atom is 0.322 e. The Kier molecular flexibility index (Phi) is 8.12. The zero-order valence-electron chi connectivity index (χ0n) is 15.4. The van der Waals surface area contributed by atoms with Crippen LogP contribution in [0.4, 0.5) is 4.39 Å². The van der Waals surface area contributed by atoms with Crippen LogP contribution < -0.4 is 4.74 Å². The first-order valence-corrected chi connectivity index (χ1v) is 10.5. The fraction of sp³-hybridized carbons (Fsp3) is 0.263. The van der Waals surface area contributed by atoms with Gasteiger partial charge in [0.05, 0.1) is 16.6 Å². The Bertz CT molecular complexity index is 939. The van der Waals surface area contributed by atoms with E-state index < -0.39 is 34.3 Å². The van der Waals surface area contributed by atoms with Gasteiger partial charge in [0.15, 0.2) is 0 Å². The SMILES string of the molecule is C=C(F)C[C@@H](C(=O)O)N(Cc1cccnc1)S(=O)(=O)c1ccc(OCCCl)cc1. The molecule has 10 heteroatoms. The van der Waals surface area contributed by atoms with Gasteiger partial charge in [-0.15, -0.1) is 11.6 Å². The van der Waals surface area contributed by atoms with Crippen molar-refractivity contribution in [2.75, 3.05) is 12.5 Å². The lowest BCUT2D eigenvalue weighted by molar-refractivity contribution is -0.141. The number of ether oxygens (including phenoxy) is 1. The molecule has 7 nitrogen and oxygen atoms in total. The van der Waals surface area contributed by atoms with Crippen LogP contribution >= 0.6 is 11.6 Å². The highest BCUT2D eigenvalue weighted by atomic mass is 35.5. The number of carboxylic acids is 1. The number of carboxylic acid groups (broad SMARTS) is 1. The molecule has 0 spiro atoms. The van der Waals surface area contributed by atoms with Crippen LogP contribution in [0.15, 0.2) is 66.1 Å². The lowest BCUT2D eigenvalue weighted by Crippen LogP contribution is -2.44. The van der Waals surface area contributed by atoms with Crippen molar-refractivity contribution in [1.82, 2.24) is 9.29 Å². The third kappa shape index (κ3) is 6.25. The number of alkyl halides is 1. The van der Waals surface area contributed by atoms with E-state index in [1.54, 1.807) is 12.1 Å². The molecule has 2 rings (SSSR count). The summed E-state index contributed by atoms with van der Waals surface area (Å²) < 4.78 is 45.9. The van der Waals surface area contributed by atoms with E-state index in [1.165, 1.54) is 36.7 Å². The van der Waals surface area contributed by atoms with Gasteiger partial charge >= 0.3 is 5.97 Å². The molecule has 0 aliphatic heterocycles. The molecule has 1 aromatic heterocycles. The number of halogens is 2. The van der Waals surface area contributed by atoms with E-state index >= 15 is 0 Å². The largest absolute Gasteiger partial charge is 0.492 e. The summed E-state index contributed by atoms with van der Waals surface area (Å²) in [5.41, 5.74) is 0.453. The first-order chi connectivity index (χ1) is 13.8. The molecule has 1 heterocycles. The van der Waals surface area contributed by atoms with Crippen molar-refractivity contribution in [3.05, 3.63) is 66.8 Å². The van der Waals surface area contributed by atoms with Crippen LogP contribution in [0.2, 0.25) is 0 Å². The van der Waals surface area contributed by atoms with E-state index in [4.69, 9.17) is 16.3 Å². The van der Waals surface area contributed by atoms with Gasteiger partial charge < -0.3 is 9.84 Å². The summed E-state index contributed by atoms with van der Waals surface area (Å²) in [6.07, 6.45) is 2.24. The Morgan fingerprint density at radius 2 is 2.00 bits per heavy atom. The summed E-state index contributed by atoms with van der Waals surface area (Å²) in [5.74, 6) is -1.74. The fourth-order valence-electron chi connectivity index (χ4n) is 2.56. The minimum atomic E-state index is -4.29. The second-order valence-corrected chi connectivity index (χ2v) is 8.26. The van der Waals surface area contributed by atoms with Gasteiger partial charge in [0.1, 0.15) is 18.4 Å². The summed E-state index contributed by atoms with van der Waals surface area (Å²) in [6, 6.07) is 6.97. The minimum absolute atomic E-state index is 0.157. The summed E-state index contributed by atoms with van der Waals surface area (Å²) in [6.45, 7) is 3.02. The normalized spacial score (nSPS) is 12.5. The molecule has 0 aliphatic rings. The molecule has 1 N–H and O–H groups in total. The second kappa shape index (κ2) is 10.3. The molecule has 0 bridgehead atoms. The molecule has 0 aliphatic carbocycles. The van der Waals surface area contributed by atoms with Gasteiger partial charge in [0, 0.05) is 25.4 Å². The van der Waals surface area contributed by atoms with Crippen molar-refractivity contribution in [2.24, 2.45) is 0 Å². The molecule has 0 fully saturated rings. The van der Waals surface area contributed by atoms with E-state index in [-0.39, 0.29) is 23.9 Å². The number of hydrogen-bond acceptors (Lipinski definition) is 5. The monoisotopic (exact) mass is 442 g/mol. The lowest BCUT2D eigenvalue weighted by Gasteiger charge is -2.28. The highest BCUT2D eigenvalue weighted by molar-refractivity contribution is 7.89.